The highest BCUT2D eigenvalue weighted by Crippen LogP contribution is 2.45. The van der Waals surface area contributed by atoms with Crippen LogP contribution in [-0.4, -0.2) is 24.2 Å². The first-order chi connectivity index (χ1) is 9.12. The standard InChI is InChI=1S/C15H26BrF3O/c1-11-5-6-12(13(16)9-11)14(2,3)7-4-8-20-10-15(17,18)19/h11-13H,4-10H2,1-3H3. The number of halogens is 4. The molecule has 0 heterocycles. The fourth-order valence-electron chi connectivity index (χ4n) is 3.19. The Balaban J connectivity index is 2.30. The molecule has 0 aliphatic heterocycles. The minimum Gasteiger partial charge on any atom is -0.372 e. The maximum absolute atomic E-state index is 12.0. The van der Waals surface area contributed by atoms with Gasteiger partial charge in [-0.05, 0) is 42.9 Å². The van der Waals surface area contributed by atoms with Crippen LogP contribution in [0.15, 0.2) is 0 Å². The molecule has 0 aromatic heterocycles. The highest BCUT2D eigenvalue weighted by molar-refractivity contribution is 9.09. The number of rotatable bonds is 6. The van der Waals surface area contributed by atoms with Crippen LogP contribution in [0.3, 0.4) is 0 Å². The van der Waals surface area contributed by atoms with Crippen LogP contribution in [0.25, 0.3) is 0 Å². The van der Waals surface area contributed by atoms with E-state index in [2.05, 4.69) is 41.4 Å². The van der Waals surface area contributed by atoms with Crippen molar-refractivity contribution < 1.29 is 17.9 Å². The smallest absolute Gasteiger partial charge is 0.372 e. The van der Waals surface area contributed by atoms with Crippen molar-refractivity contribution in [1.29, 1.82) is 0 Å². The van der Waals surface area contributed by atoms with Gasteiger partial charge in [0, 0.05) is 11.4 Å². The van der Waals surface area contributed by atoms with E-state index in [-0.39, 0.29) is 12.0 Å². The van der Waals surface area contributed by atoms with Gasteiger partial charge in [0.05, 0.1) is 0 Å². The summed E-state index contributed by atoms with van der Waals surface area (Å²) in [5, 5.41) is 0. The second kappa shape index (κ2) is 7.48. The Labute approximate surface area is 128 Å². The average Bonchev–Trinajstić information content (AvgIpc) is 2.26. The lowest BCUT2D eigenvalue weighted by Gasteiger charge is -2.42. The molecule has 0 aromatic rings. The summed E-state index contributed by atoms with van der Waals surface area (Å²) in [7, 11) is 0. The minimum atomic E-state index is -4.21. The maximum atomic E-state index is 12.0. The fourth-order valence-corrected chi connectivity index (χ4v) is 4.81. The summed E-state index contributed by atoms with van der Waals surface area (Å²) in [6.45, 7) is 5.80. The first-order valence-corrected chi connectivity index (χ1v) is 8.32. The molecule has 0 aromatic carbocycles. The normalized spacial score (nSPS) is 28.6. The van der Waals surface area contributed by atoms with E-state index in [0.717, 1.165) is 12.3 Å². The summed E-state index contributed by atoms with van der Waals surface area (Å²) in [6, 6.07) is 0. The molecule has 1 nitrogen and oxygen atoms in total. The van der Waals surface area contributed by atoms with Gasteiger partial charge in [-0.15, -0.1) is 0 Å². The van der Waals surface area contributed by atoms with Gasteiger partial charge in [-0.1, -0.05) is 43.1 Å². The third-order valence-electron chi connectivity index (χ3n) is 4.41. The van der Waals surface area contributed by atoms with Gasteiger partial charge in [0.15, 0.2) is 0 Å². The van der Waals surface area contributed by atoms with E-state index in [9.17, 15) is 13.2 Å². The molecule has 0 saturated heterocycles. The number of hydrogen-bond donors (Lipinski definition) is 0. The molecule has 0 bridgehead atoms. The van der Waals surface area contributed by atoms with Gasteiger partial charge in [0.1, 0.15) is 6.61 Å². The maximum Gasteiger partial charge on any atom is 0.411 e. The van der Waals surface area contributed by atoms with Crippen molar-refractivity contribution in [1.82, 2.24) is 0 Å². The lowest BCUT2D eigenvalue weighted by Crippen LogP contribution is -2.35. The topological polar surface area (TPSA) is 9.23 Å². The number of alkyl halides is 4. The van der Waals surface area contributed by atoms with Crippen LogP contribution in [0.5, 0.6) is 0 Å². The summed E-state index contributed by atoms with van der Waals surface area (Å²) in [5.41, 5.74) is 0.149. The van der Waals surface area contributed by atoms with Gasteiger partial charge in [0.25, 0.3) is 0 Å². The third-order valence-corrected chi connectivity index (χ3v) is 5.43. The monoisotopic (exact) mass is 358 g/mol. The molecule has 5 heteroatoms. The molecule has 0 radical (unpaired) electrons. The molecule has 1 aliphatic rings. The first kappa shape index (κ1) is 18.3. The Morgan fingerprint density at radius 1 is 1.20 bits per heavy atom. The van der Waals surface area contributed by atoms with Gasteiger partial charge in [-0.2, -0.15) is 13.2 Å². The molecule has 1 saturated carbocycles. The van der Waals surface area contributed by atoms with Crippen molar-refractivity contribution >= 4 is 15.9 Å². The van der Waals surface area contributed by atoms with Gasteiger partial charge in [-0.3, -0.25) is 0 Å². The molecule has 20 heavy (non-hydrogen) atoms. The van der Waals surface area contributed by atoms with Crippen molar-refractivity contribution in [3.8, 4) is 0 Å². The third kappa shape index (κ3) is 6.33. The molecule has 120 valence electrons. The minimum absolute atomic E-state index is 0.149. The molecular weight excluding hydrogens is 333 g/mol. The van der Waals surface area contributed by atoms with Crippen molar-refractivity contribution in [2.45, 2.75) is 63.9 Å². The van der Waals surface area contributed by atoms with E-state index in [0.29, 0.717) is 17.2 Å². The van der Waals surface area contributed by atoms with Crippen molar-refractivity contribution in [2.24, 2.45) is 17.3 Å². The van der Waals surface area contributed by atoms with Crippen LogP contribution < -0.4 is 0 Å². The quantitative estimate of drug-likeness (QED) is 0.445. The summed E-state index contributed by atoms with van der Waals surface area (Å²) in [6.07, 6.45) is 1.03. The molecule has 0 amide bonds. The predicted octanol–water partition coefficient (Wildman–Crippen LogP) is 5.57. The highest BCUT2D eigenvalue weighted by atomic mass is 79.9. The average molecular weight is 359 g/mol. The molecule has 3 unspecified atom stereocenters. The Hall–Kier alpha value is 0.230. The Bertz CT molecular complexity index is 291. The second-order valence-electron chi connectivity index (χ2n) is 6.80. The number of ether oxygens (including phenoxy) is 1. The van der Waals surface area contributed by atoms with E-state index < -0.39 is 12.8 Å². The summed E-state index contributed by atoms with van der Waals surface area (Å²) >= 11 is 3.80. The number of hydrogen-bond acceptors (Lipinski definition) is 1. The van der Waals surface area contributed by atoms with Crippen LogP contribution in [0.2, 0.25) is 0 Å². The Morgan fingerprint density at radius 2 is 1.85 bits per heavy atom. The van der Waals surface area contributed by atoms with Crippen LogP contribution >= 0.6 is 15.9 Å². The molecule has 1 rings (SSSR count). The summed E-state index contributed by atoms with van der Waals surface area (Å²) < 4.78 is 40.6. The van der Waals surface area contributed by atoms with Gasteiger partial charge < -0.3 is 4.74 Å². The fraction of sp³-hybridized carbons (Fsp3) is 1.00. The van der Waals surface area contributed by atoms with E-state index in [1.54, 1.807) is 0 Å². The lowest BCUT2D eigenvalue weighted by molar-refractivity contribution is -0.174. The molecule has 0 N–H and O–H groups in total. The molecule has 1 aliphatic carbocycles. The van der Waals surface area contributed by atoms with Gasteiger partial charge in [0.2, 0.25) is 0 Å². The largest absolute Gasteiger partial charge is 0.411 e. The summed E-state index contributed by atoms with van der Waals surface area (Å²) in [4.78, 5) is 0.525. The van der Waals surface area contributed by atoms with Crippen LogP contribution in [0.1, 0.15) is 52.9 Å². The van der Waals surface area contributed by atoms with Crippen molar-refractivity contribution in [3.63, 3.8) is 0 Å². The second-order valence-corrected chi connectivity index (χ2v) is 7.98. The molecule has 0 spiro atoms. The van der Waals surface area contributed by atoms with Crippen molar-refractivity contribution in [2.75, 3.05) is 13.2 Å². The highest BCUT2D eigenvalue weighted by Gasteiger charge is 2.37. The van der Waals surface area contributed by atoms with Crippen LogP contribution in [0, 0.1) is 17.3 Å². The van der Waals surface area contributed by atoms with Crippen molar-refractivity contribution in [3.05, 3.63) is 0 Å². The molecule has 1 fully saturated rings. The molecular formula is C15H26BrF3O. The zero-order chi connectivity index (χ0) is 15.4. The van der Waals surface area contributed by atoms with Gasteiger partial charge in [-0.25, -0.2) is 0 Å². The van der Waals surface area contributed by atoms with Crippen LogP contribution in [-0.2, 0) is 4.74 Å². The van der Waals surface area contributed by atoms with E-state index >= 15 is 0 Å². The van der Waals surface area contributed by atoms with E-state index in [1.807, 2.05) is 0 Å². The SMILES string of the molecule is CC1CCC(C(C)(C)CCCOCC(F)(F)F)C(Br)C1. The zero-order valence-corrected chi connectivity index (χ0v) is 14.2. The Kier molecular flexibility index (Phi) is 6.84. The first-order valence-electron chi connectivity index (χ1n) is 7.40. The lowest BCUT2D eigenvalue weighted by atomic mass is 9.67. The zero-order valence-electron chi connectivity index (χ0n) is 12.6. The Morgan fingerprint density at radius 3 is 2.40 bits per heavy atom. The molecule has 3 atom stereocenters. The van der Waals surface area contributed by atoms with E-state index in [1.165, 1.54) is 19.3 Å². The van der Waals surface area contributed by atoms with Gasteiger partial charge >= 0.3 is 6.18 Å². The van der Waals surface area contributed by atoms with E-state index in [4.69, 9.17) is 0 Å². The van der Waals surface area contributed by atoms with Crippen LogP contribution in [0.4, 0.5) is 13.2 Å². The summed E-state index contributed by atoms with van der Waals surface area (Å²) in [5.74, 6) is 1.36. The predicted molar refractivity (Wildman–Crippen MR) is 79.1 cm³/mol.